The first kappa shape index (κ1) is 13.4. The van der Waals surface area contributed by atoms with E-state index in [9.17, 15) is 9.18 Å². The Bertz CT molecular complexity index is 707. The van der Waals surface area contributed by atoms with Crippen molar-refractivity contribution in [2.45, 2.75) is 12.8 Å². The van der Waals surface area contributed by atoms with E-state index in [4.69, 9.17) is 0 Å². The number of halogens is 1. The summed E-state index contributed by atoms with van der Waals surface area (Å²) in [7, 11) is 0. The average molecular weight is 282 g/mol. The van der Waals surface area contributed by atoms with Gasteiger partial charge in [-0.15, -0.1) is 0 Å². The molecular weight excluding hydrogens is 267 g/mol. The van der Waals surface area contributed by atoms with Crippen molar-refractivity contribution in [3.05, 3.63) is 71.7 Å². The van der Waals surface area contributed by atoms with Crippen LogP contribution in [0.5, 0.6) is 0 Å². The number of fused-ring (bicyclic) bond motifs is 1. The van der Waals surface area contributed by atoms with Crippen LogP contribution in [0.1, 0.15) is 11.1 Å². The third-order valence-electron chi connectivity index (χ3n) is 3.39. The molecule has 21 heavy (non-hydrogen) atoms. The number of benzene rings is 2. The zero-order chi connectivity index (χ0) is 14.8. The van der Waals surface area contributed by atoms with Crippen LogP contribution < -0.4 is 10.6 Å². The summed E-state index contributed by atoms with van der Waals surface area (Å²) in [5.74, 6) is -0.428. The Morgan fingerprint density at radius 3 is 2.76 bits per heavy atom. The van der Waals surface area contributed by atoms with Crippen LogP contribution >= 0.6 is 0 Å². The van der Waals surface area contributed by atoms with Crippen LogP contribution in [0.25, 0.3) is 0 Å². The second-order valence-corrected chi connectivity index (χ2v) is 5.13. The van der Waals surface area contributed by atoms with Crippen LogP contribution in [-0.4, -0.2) is 5.91 Å². The molecule has 2 aromatic carbocycles. The van der Waals surface area contributed by atoms with Crippen molar-refractivity contribution < 1.29 is 9.18 Å². The van der Waals surface area contributed by atoms with Crippen LogP contribution in [0.4, 0.5) is 15.8 Å². The molecule has 2 N–H and O–H groups in total. The number of rotatable bonds is 3. The minimum Gasteiger partial charge on any atom is -0.359 e. The maximum absolute atomic E-state index is 12.8. The quantitative estimate of drug-likeness (QED) is 0.904. The molecule has 0 unspecified atom stereocenters. The van der Waals surface area contributed by atoms with E-state index in [-0.39, 0.29) is 18.1 Å². The minimum atomic E-state index is -0.302. The van der Waals surface area contributed by atoms with Crippen LogP contribution in [0.2, 0.25) is 0 Å². The number of hydrogen-bond acceptors (Lipinski definition) is 2. The zero-order valence-corrected chi connectivity index (χ0v) is 11.4. The van der Waals surface area contributed by atoms with Crippen molar-refractivity contribution in [1.29, 1.82) is 0 Å². The molecule has 106 valence electrons. The monoisotopic (exact) mass is 282 g/mol. The summed E-state index contributed by atoms with van der Waals surface area (Å²) in [6.45, 7) is 3.89. The first-order valence-electron chi connectivity index (χ1n) is 6.72. The Hall–Kier alpha value is -2.62. The molecule has 0 bridgehead atoms. The van der Waals surface area contributed by atoms with E-state index >= 15 is 0 Å². The molecule has 0 radical (unpaired) electrons. The molecule has 1 aliphatic rings. The van der Waals surface area contributed by atoms with Gasteiger partial charge in [0.25, 0.3) is 0 Å². The van der Waals surface area contributed by atoms with Gasteiger partial charge >= 0.3 is 0 Å². The summed E-state index contributed by atoms with van der Waals surface area (Å²) in [5.41, 5.74) is 4.64. The smallest absolute Gasteiger partial charge is 0.228 e. The van der Waals surface area contributed by atoms with Gasteiger partial charge in [0.15, 0.2) is 0 Å². The minimum absolute atomic E-state index is 0.126. The fraction of sp³-hybridized carbons (Fsp3) is 0.118. The Labute approximate surface area is 122 Å². The molecule has 0 spiro atoms. The molecule has 0 saturated carbocycles. The number of allylic oxidation sites excluding steroid dienone is 1. The van der Waals surface area contributed by atoms with Crippen molar-refractivity contribution in [2.75, 3.05) is 10.6 Å². The molecule has 0 atom stereocenters. The molecule has 1 amide bonds. The molecule has 0 aliphatic carbocycles. The van der Waals surface area contributed by atoms with E-state index in [1.54, 1.807) is 12.1 Å². The lowest BCUT2D eigenvalue weighted by Gasteiger charge is -2.07. The average Bonchev–Trinajstić information content (AvgIpc) is 2.80. The SMILES string of the molecule is C=C1Cc2ccc(NC(=O)Cc3ccc(F)cc3)cc2N1. The van der Waals surface area contributed by atoms with Gasteiger partial charge < -0.3 is 10.6 Å². The fourth-order valence-electron chi connectivity index (χ4n) is 2.38. The third-order valence-corrected chi connectivity index (χ3v) is 3.39. The summed E-state index contributed by atoms with van der Waals surface area (Å²) in [5, 5.41) is 6.03. The summed E-state index contributed by atoms with van der Waals surface area (Å²) in [6, 6.07) is 11.7. The maximum atomic E-state index is 12.8. The first-order chi connectivity index (χ1) is 10.1. The van der Waals surface area contributed by atoms with E-state index in [0.29, 0.717) is 0 Å². The van der Waals surface area contributed by atoms with Gasteiger partial charge in [-0.3, -0.25) is 4.79 Å². The van der Waals surface area contributed by atoms with Gasteiger partial charge in [-0.1, -0.05) is 24.8 Å². The number of nitrogens with one attached hydrogen (secondary N) is 2. The van der Waals surface area contributed by atoms with Gasteiger partial charge in [-0.2, -0.15) is 0 Å². The van der Waals surface area contributed by atoms with E-state index in [2.05, 4.69) is 17.2 Å². The third kappa shape index (κ3) is 3.11. The lowest BCUT2D eigenvalue weighted by Crippen LogP contribution is -2.14. The molecule has 4 heteroatoms. The van der Waals surface area contributed by atoms with Crippen LogP contribution in [0, 0.1) is 5.82 Å². The largest absolute Gasteiger partial charge is 0.359 e. The van der Waals surface area contributed by atoms with Crippen molar-refractivity contribution in [3.8, 4) is 0 Å². The first-order valence-corrected chi connectivity index (χ1v) is 6.72. The predicted molar refractivity (Wildman–Crippen MR) is 81.6 cm³/mol. The summed E-state index contributed by atoms with van der Waals surface area (Å²) >= 11 is 0. The Balaban J connectivity index is 1.66. The second-order valence-electron chi connectivity index (χ2n) is 5.13. The number of carbonyl (C=O) groups is 1. The topological polar surface area (TPSA) is 41.1 Å². The van der Waals surface area contributed by atoms with Crippen molar-refractivity contribution in [2.24, 2.45) is 0 Å². The number of amides is 1. The molecular formula is C17H15FN2O. The normalized spacial score (nSPS) is 12.7. The van der Waals surface area contributed by atoms with E-state index in [1.165, 1.54) is 17.7 Å². The second kappa shape index (κ2) is 5.40. The van der Waals surface area contributed by atoms with E-state index in [0.717, 1.165) is 29.1 Å². The van der Waals surface area contributed by atoms with E-state index in [1.807, 2.05) is 18.2 Å². The maximum Gasteiger partial charge on any atom is 0.228 e. The number of anilines is 2. The van der Waals surface area contributed by atoms with Crippen LogP contribution in [-0.2, 0) is 17.6 Å². The fourth-order valence-corrected chi connectivity index (χ4v) is 2.38. The Kier molecular flexibility index (Phi) is 3.44. The lowest BCUT2D eigenvalue weighted by atomic mass is 10.1. The highest BCUT2D eigenvalue weighted by atomic mass is 19.1. The molecule has 1 heterocycles. The van der Waals surface area contributed by atoms with Gasteiger partial charge in [0.1, 0.15) is 5.82 Å². The highest BCUT2D eigenvalue weighted by Crippen LogP contribution is 2.29. The summed E-state index contributed by atoms with van der Waals surface area (Å²) in [4.78, 5) is 12.0. The highest BCUT2D eigenvalue weighted by molar-refractivity contribution is 5.93. The molecule has 0 fully saturated rings. The Morgan fingerprint density at radius 1 is 1.24 bits per heavy atom. The standard InChI is InChI=1S/C17H15FN2O/c1-11-8-13-4-7-15(10-16(13)19-11)20-17(21)9-12-2-5-14(18)6-3-12/h2-7,10,19H,1,8-9H2,(H,20,21). The summed E-state index contributed by atoms with van der Waals surface area (Å²) < 4.78 is 12.8. The molecule has 0 saturated heterocycles. The van der Waals surface area contributed by atoms with Gasteiger partial charge in [-0.25, -0.2) is 4.39 Å². The van der Waals surface area contributed by atoms with Gasteiger partial charge in [0, 0.05) is 23.5 Å². The molecule has 3 nitrogen and oxygen atoms in total. The summed E-state index contributed by atoms with van der Waals surface area (Å²) in [6.07, 6.45) is 1.04. The van der Waals surface area contributed by atoms with Gasteiger partial charge in [0.05, 0.1) is 6.42 Å². The molecule has 3 rings (SSSR count). The molecule has 0 aromatic heterocycles. The lowest BCUT2D eigenvalue weighted by molar-refractivity contribution is -0.115. The van der Waals surface area contributed by atoms with Crippen LogP contribution in [0.15, 0.2) is 54.7 Å². The van der Waals surface area contributed by atoms with Gasteiger partial charge in [0.2, 0.25) is 5.91 Å². The van der Waals surface area contributed by atoms with E-state index < -0.39 is 0 Å². The van der Waals surface area contributed by atoms with Crippen LogP contribution in [0.3, 0.4) is 0 Å². The van der Waals surface area contributed by atoms with Crippen molar-refractivity contribution in [1.82, 2.24) is 0 Å². The highest BCUT2D eigenvalue weighted by Gasteiger charge is 2.14. The number of hydrogen-bond donors (Lipinski definition) is 2. The predicted octanol–water partition coefficient (Wildman–Crippen LogP) is 3.49. The zero-order valence-electron chi connectivity index (χ0n) is 11.4. The molecule has 1 aliphatic heterocycles. The van der Waals surface area contributed by atoms with Gasteiger partial charge in [-0.05, 0) is 35.4 Å². The number of carbonyl (C=O) groups excluding carboxylic acids is 1. The molecule has 2 aromatic rings. The van der Waals surface area contributed by atoms with Crippen molar-refractivity contribution >= 4 is 17.3 Å². The Morgan fingerprint density at radius 2 is 2.00 bits per heavy atom. The van der Waals surface area contributed by atoms with Crippen molar-refractivity contribution in [3.63, 3.8) is 0 Å².